The fourth-order valence-electron chi connectivity index (χ4n) is 3.04. The van der Waals surface area contributed by atoms with Gasteiger partial charge in [0.2, 0.25) is 0 Å². The molecule has 0 aromatic heterocycles. The molecule has 0 aromatic rings. The van der Waals surface area contributed by atoms with Gasteiger partial charge in [0.1, 0.15) is 16.1 Å². The molecular formula is C14H24N2O3S. The van der Waals surface area contributed by atoms with E-state index in [9.17, 15) is 9.35 Å². The first-order valence-corrected chi connectivity index (χ1v) is 8.27. The number of likely N-dealkylation sites (tertiary alicyclic amines) is 1. The van der Waals surface area contributed by atoms with E-state index >= 15 is 0 Å². The minimum atomic E-state index is -1.17. The third kappa shape index (κ3) is 3.47. The monoisotopic (exact) mass is 300 g/mol. The second kappa shape index (κ2) is 5.56. The zero-order valence-corrected chi connectivity index (χ0v) is 13.3. The van der Waals surface area contributed by atoms with E-state index in [1.165, 1.54) is 4.90 Å². The van der Waals surface area contributed by atoms with Gasteiger partial charge in [0.15, 0.2) is 0 Å². The van der Waals surface area contributed by atoms with E-state index < -0.39 is 17.5 Å². The van der Waals surface area contributed by atoms with Gasteiger partial charge in [0, 0.05) is 13.1 Å². The van der Waals surface area contributed by atoms with Crippen LogP contribution in [0.25, 0.3) is 0 Å². The highest BCUT2D eigenvalue weighted by Crippen LogP contribution is 2.51. The quantitative estimate of drug-likeness (QED) is 0.629. The van der Waals surface area contributed by atoms with Crippen molar-refractivity contribution in [1.82, 2.24) is 4.90 Å². The van der Waals surface area contributed by atoms with E-state index in [1.807, 2.05) is 27.0 Å². The fraction of sp³-hybridized carbons (Fsp3) is 0.857. The van der Waals surface area contributed by atoms with Crippen molar-refractivity contribution in [2.24, 2.45) is 15.7 Å². The summed E-state index contributed by atoms with van der Waals surface area (Å²) in [5, 5.41) is 8.94. The summed E-state index contributed by atoms with van der Waals surface area (Å²) in [6, 6.07) is 0. The van der Waals surface area contributed by atoms with E-state index in [0.29, 0.717) is 24.4 Å². The Morgan fingerprint density at radius 1 is 1.40 bits per heavy atom. The summed E-state index contributed by atoms with van der Waals surface area (Å²) in [7, 11) is 0. The zero-order chi connectivity index (χ0) is 15.0. The highest BCUT2D eigenvalue weighted by atomic mass is 32.2. The molecule has 1 aliphatic carbocycles. The molecule has 0 aromatic carbocycles. The van der Waals surface area contributed by atoms with Gasteiger partial charge in [-0.25, -0.2) is 4.79 Å². The van der Waals surface area contributed by atoms with E-state index in [-0.39, 0.29) is 4.75 Å². The van der Waals surface area contributed by atoms with Gasteiger partial charge >= 0.3 is 6.09 Å². The molecule has 1 aliphatic heterocycles. The van der Waals surface area contributed by atoms with Crippen LogP contribution in [0.3, 0.4) is 0 Å². The Hall–Kier alpha value is -0.750. The molecule has 1 amide bonds. The van der Waals surface area contributed by atoms with Crippen molar-refractivity contribution in [2.75, 3.05) is 13.1 Å². The molecule has 5 nitrogen and oxygen atoms in total. The number of rotatable bonds is 2. The maximum atomic E-state index is 11.8. The van der Waals surface area contributed by atoms with Gasteiger partial charge in [-0.05, 0) is 57.8 Å². The predicted octanol–water partition coefficient (Wildman–Crippen LogP) is 2.69. The first-order valence-electron chi connectivity index (χ1n) is 7.16. The maximum Gasteiger partial charge on any atom is 0.407 e. The molecule has 6 heteroatoms. The summed E-state index contributed by atoms with van der Waals surface area (Å²) in [6.07, 6.45) is 5.07. The molecule has 1 unspecified atom stereocenters. The van der Waals surface area contributed by atoms with Gasteiger partial charge in [0.05, 0.1) is 6.21 Å². The number of hydrogen-bond acceptors (Lipinski definition) is 3. The third-order valence-electron chi connectivity index (χ3n) is 4.38. The van der Waals surface area contributed by atoms with Crippen LogP contribution in [-0.4, -0.2) is 44.7 Å². The average Bonchev–Trinajstić information content (AvgIpc) is 2.32. The first kappa shape index (κ1) is 15.6. The Morgan fingerprint density at radius 3 is 2.40 bits per heavy atom. The van der Waals surface area contributed by atoms with Crippen LogP contribution in [0.2, 0.25) is 0 Å². The van der Waals surface area contributed by atoms with Gasteiger partial charge in [-0.2, -0.15) is 0 Å². The minimum absolute atomic E-state index is 0.301. The average molecular weight is 300 g/mol. The van der Waals surface area contributed by atoms with Crippen LogP contribution in [0.4, 0.5) is 4.79 Å². The highest BCUT2D eigenvalue weighted by Gasteiger charge is 2.46. The van der Waals surface area contributed by atoms with Crippen molar-refractivity contribution < 1.29 is 14.5 Å². The topological polar surface area (TPSA) is 76.0 Å². The number of piperidine rings is 1. The summed E-state index contributed by atoms with van der Waals surface area (Å²) >= 11 is -1.17. The van der Waals surface area contributed by atoms with Gasteiger partial charge < -0.3 is 14.6 Å². The smallest absolute Gasteiger partial charge is 0.407 e. The molecular weight excluding hydrogens is 276 g/mol. The number of amides is 1. The largest absolute Gasteiger partial charge is 0.591 e. The van der Waals surface area contributed by atoms with Crippen molar-refractivity contribution in [3.05, 3.63) is 0 Å². The summed E-state index contributed by atoms with van der Waals surface area (Å²) < 4.78 is 15.7. The first-order chi connectivity index (χ1) is 9.22. The summed E-state index contributed by atoms with van der Waals surface area (Å²) in [4.78, 5) is 12.4. The molecule has 1 saturated carbocycles. The highest BCUT2D eigenvalue weighted by molar-refractivity contribution is 7.91. The fourth-order valence-corrected chi connectivity index (χ4v) is 3.64. The molecule has 1 spiro atoms. The molecule has 2 aliphatic rings. The molecule has 2 fully saturated rings. The summed E-state index contributed by atoms with van der Waals surface area (Å²) in [6.45, 7) is 7.05. The Labute approximate surface area is 123 Å². The Kier molecular flexibility index (Phi) is 4.35. The Balaban J connectivity index is 1.78. The van der Waals surface area contributed by atoms with E-state index in [4.69, 9.17) is 5.11 Å². The minimum Gasteiger partial charge on any atom is -0.591 e. The number of nitrogens with zero attached hydrogens (tertiary/aromatic N) is 2. The molecule has 114 valence electrons. The standard InChI is InChI=1S/C14H24N2O3S/c1-13(2,3)20(19)15-10-11-8-14(9-11)4-6-16(7-5-14)12(17)18/h10-11H,4-9H2,1-3H3,(H,17,18). The van der Waals surface area contributed by atoms with E-state index in [2.05, 4.69) is 4.40 Å². The lowest BCUT2D eigenvalue weighted by molar-refractivity contribution is 0.0163. The van der Waals surface area contributed by atoms with Gasteiger partial charge in [-0.1, -0.05) is 4.40 Å². The third-order valence-corrected chi connectivity index (χ3v) is 5.74. The lowest BCUT2D eigenvalue weighted by Crippen LogP contribution is -2.48. The number of carbonyl (C=O) groups is 1. The predicted molar refractivity (Wildman–Crippen MR) is 80.4 cm³/mol. The SMILES string of the molecule is CC(C)(C)[S+]([O-])N=CC1CC2(CCN(C(=O)O)CC2)C1. The van der Waals surface area contributed by atoms with Crippen molar-refractivity contribution in [1.29, 1.82) is 0 Å². The molecule has 20 heavy (non-hydrogen) atoms. The second-order valence-corrected chi connectivity index (χ2v) is 8.99. The molecule has 1 N–H and O–H groups in total. The van der Waals surface area contributed by atoms with Crippen LogP contribution in [0.1, 0.15) is 46.5 Å². The summed E-state index contributed by atoms with van der Waals surface area (Å²) in [5.74, 6) is 0.415. The van der Waals surface area contributed by atoms with Crippen molar-refractivity contribution >= 4 is 23.7 Å². The van der Waals surface area contributed by atoms with Gasteiger partial charge in [-0.3, -0.25) is 0 Å². The van der Waals surface area contributed by atoms with Crippen LogP contribution in [0.15, 0.2) is 4.40 Å². The second-order valence-electron chi connectivity index (χ2n) is 7.05. The number of carboxylic acid groups (broad SMARTS) is 1. The molecule has 0 bridgehead atoms. The van der Waals surface area contributed by atoms with E-state index in [0.717, 1.165) is 25.7 Å². The number of hydrogen-bond donors (Lipinski definition) is 1. The normalized spacial score (nSPS) is 24.9. The van der Waals surface area contributed by atoms with Crippen LogP contribution < -0.4 is 0 Å². The van der Waals surface area contributed by atoms with Crippen LogP contribution in [0.5, 0.6) is 0 Å². The molecule has 1 saturated heterocycles. The van der Waals surface area contributed by atoms with Crippen LogP contribution in [-0.2, 0) is 11.4 Å². The van der Waals surface area contributed by atoms with Crippen molar-refractivity contribution in [2.45, 2.75) is 51.2 Å². The lowest BCUT2D eigenvalue weighted by atomic mass is 9.58. The Morgan fingerprint density at radius 2 is 1.95 bits per heavy atom. The Bertz CT molecular complexity index is 390. The van der Waals surface area contributed by atoms with Crippen LogP contribution in [0, 0.1) is 11.3 Å². The maximum absolute atomic E-state index is 11.8. The molecule has 1 heterocycles. The van der Waals surface area contributed by atoms with Crippen LogP contribution >= 0.6 is 0 Å². The summed E-state index contributed by atoms with van der Waals surface area (Å²) in [5.41, 5.74) is 0.311. The lowest BCUT2D eigenvalue weighted by Gasteiger charge is -2.50. The van der Waals surface area contributed by atoms with Crippen molar-refractivity contribution in [3.63, 3.8) is 0 Å². The van der Waals surface area contributed by atoms with Gasteiger partial charge in [0.25, 0.3) is 0 Å². The molecule has 0 radical (unpaired) electrons. The van der Waals surface area contributed by atoms with Crippen molar-refractivity contribution in [3.8, 4) is 0 Å². The molecule has 1 atom stereocenters. The molecule has 2 rings (SSSR count). The zero-order valence-electron chi connectivity index (χ0n) is 12.5. The van der Waals surface area contributed by atoms with Gasteiger partial charge in [-0.15, -0.1) is 0 Å². The van der Waals surface area contributed by atoms with E-state index in [1.54, 1.807) is 0 Å².